The first-order chi connectivity index (χ1) is 10.2. The van der Waals surface area contributed by atoms with E-state index in [4.69, 9.17) is 4.74 Å². The lowest BCUT2D eigenvalue weighted by atomic mass is 9.75. The molecule has 0 aromatic heterocycles. The average molecular weight is 287 g/mol. The predicted octanol–water partition coefficient (Wildman–Crippen LogP) is 2.93. The van der Waals surface area contributed by atoms with Gasteiger partial charge in [0.25, 0.3) is 0 Å². The molecule has 4 heteroatoms. The van der Waals surface area contributed by atoms with Gasteiger partial charge in [0, 0.05) is 5.92 Å². The normalized spacial score (nSPS) is 35.0. The number of ether oxygens (including phenoxy) is 1. The Morgan fingerprint density at radius 3 is 3.00 bits per heavy atom. The van der Waals surface area contributed by atoms with E-state index in [2.05, 4.69) is 24.8 Å². The van der Waals surface area contributed by atoms with Crippen molar-refractivity contribution in [3.8, 4) is 0 Å². The van der Waals surface area contributed by atoms with Crippen LogP contribution in [0.3, 0.4) is 0 Å². The van der Waals surface area contributed by atoms with E-state index in [1.165, 1.54) is 4.90 Å². The molecule has 21 heavy (non-hydrogen) atoms. The molecule has 1 heterocycles. The molecule has 2 fully saturated rings. The van der Waals surface area contributed by atoms with E-state index >= 15 is 0 Å². The van der Waals surface area contributed by atoms with E-state index in [0.717, 1.165) is 19.3 Å². The molecule has 1 saturated carbocycles. The summed E-state index contributed by atoms with van der Waals surface area (Å²) in [6.45, 7) is 4.44. The summed E-state index contributed by atoms with van der Waals surface area (Å²) in [6, 6.07) is 0. The lowest BCUT2D eigenvalue weighted by Gasteiger charge is -2.32. The van der Waals surface area contributed by atoms with Crippen molar-refractivity contribution in [2.45, 2.75) is 19.3 Å². The zero-order valence-electron chi connectivity index (χ0n) is 12.1. The molecule has 2 amide bonds. The highest BCUT2D eigenvalue weighted by Gasteiger charge is 2.45. The summed E-state index contributed by atoms with van der Waals surface area (Å²) in [4.78, 5) is 25.5. The van der Waals surface area contributed by atoms with Gasteiger partial charge in [-0.25, -0.2) is 9.69 Å². The quantitative estimate of drug-likeness (QED) is 0.592. The summed E-state index contributed by atoms with van der Waals surface area (Å²) < 4.78 is 4.89. The van der Waals surface area contributed by atoms with Gasteiger partial charge in [0.1, 0.15) is 6.61 Å². The van der Waals surface area contributed by atoms with Gasteiger partial charge in [0.15, 0.2) is 0 Å². The van der Waals surface area contributed by atoms with Crippen molar-refractivity contribution in [1.29, 1.82) is 0 Å². The Labute approximate surface area is 125 Å². The number of allylic oxidation sites excluding steroid dienone is 5. The van der Waals surface area contributed by atoms with E-state index in [1.54, 1.807) is 6.08 Å². The molecule has 3 rings (SSSR count). The molecule has 0 spiro atoms. The highest BCUT2D eigenvalue weighted by Crippen LogP contribution is 2.47. The van der Waals surface area contributed by atoms with Crippen molar-refractivity contribution in [3.63, 3.8) is 0 Å². The molecule has 2 aliphatic carbocycles. The zero-order chi connectivity index (χ0) is 14.8. The number of hydrogen-bond donors (Lipinski definition) is 0. The van der Waals surface area contributed by atoms with Crippen LogP contribution in [0.5, 0.6) is 0 Å². The number of cyclic esters (lactones) is 1. The third-order valence-electron chi connectivity index (χ3n) is 4.93. The molecule has 3 aliphatic rings. The summed E-state index contributed by atoms with van der Waals surface area (Å²) in [6.07, 6.45) is 12.7. The number of amides is 2. The van der Waals surface area contributed by atoms with Gasteiger partial charge in [-0.1, -0.05) is 37.0 Å². The Hall–Kier alpha value is -1.84. The number of carbonyl (C=O) groups is 2. The molecule has 0 aromatic rings. The first-order valence-electron chi connectivity index (χ1n) is 7.66. The van der Waals surface area contributed by atoms with Crippen molar-refractivity contribution in [2.24, 2.45) is 23.7 Å². The fourth-order valence-electron chi connectivity index (χ4n) is 3.92. The molecular formula is C17H21NO3. The highest BCUT2D eigenvalue weighted by atomic mass is 16.6. The van der Waals surface area contributed by atoms with Crippen LogP contribution >= 0.6 is 0 Å². The second kappa shape index (κ2) is 5.88. The summed E-state index contributed by atoms with van der Waals surface area (Å²) in [5.41, 5.74) is 0. The minimum Gasteiger partial charge on any atom is -0.447 e. The van der Waals surface area contributed by atoms with Crippen molar-refractivity contribution in [3.05, 3.63) is 37.0 Å². The maximum atomic E-state index is 12.6. The van der Waals surface area contributed by atoms with Crippen LogP contribution in [0.25, 0.3) is 0 Å². The Morgan fingerprint density at radius 1 is 1.43 bits per heavy atom. The predicted molar refractivity (Wildman–Crippen MR) is 79.3 cm³/mol. The van der Waals surface area contributed by atoms with Crippen LogP contribution in [-0.2, 0) is 9.53 Å². The molecule has 4 atom stereocenters. The van der Waals surface area contributed by atoms with Crippen LogP contribution in [0.1, 0.15) is 19.3 Å². The van der Waals surface area contributed by atoms with Crippen molar-refractivity contribution >= 4 is 12.0 Å². The van der Waals surface area contributed by atoms with E-state index < -0.39 is 6.09 Å². The summed E-state index contributed by atoms with van der Waals surface area (Å²) >= 11 is 0. The van der Waals surface area contributed by atoms with Gasteiger partial charge in [0.2, 0.25) is 5.91 Å². The van der Waals surface area contributed by atoms with Gasteiger partial charge in [-0.05, 0) is 37.0 Å². The summed E-state index contributed by atoms with van der Waals surface area (Å²) in [5.74, 6) is 1.10. The molecule has 0 N–H and O–H groups in total. The fourth-order valence-corrected chi connectivity index (χ4v) is 3.92. The Balaban J connectivity index is 1.75. The van der Waals surface area contributed by atoms with Crippen LogP contribution in [-0.4, -0.2) is 30.1 Å². The topological polar surface area (TPSA) is 46.6 Å². The minimum atomic E-state index is -0.479. The monoisotopic (exact) mass is 287 g/mol. The van der Waals surface area contributed by atoms with Crippen LogP contribution in [0.15, 0.2) is 37.0 Å². The van der Waals surface area contributed by atoms with Gasteiger partial charge in [-0.3, -0.25) is 4.79 Å². The van der Waals surface area contributed by atoms with Gasteiger partial charge in [-0.2, -0.15) is 0 Å². The Morgan fingerprint density at radius 2 is 2.29 bits per heavy atom. The number of rotatable bonds is 3. The SMILES string of the molecule is C=C/C=C/[C@@H]1CC[C@H]2[C@H]1C=CC[C@@H]2C(=O)N1CCOC1=O. The maximum absolute atomic E-state index is 12.6. The Bertz CT molecular complexity index is 508. The van der Waals surface area contributed by atoms with Gasteiger partial charge >= 0.3 is 6.09 Å². The lowest BCUT2D eigenvalue weighted by Crippen LogP contribution is -2.41. The van der Waals surface area contributed by atoms with Crippen LogP contribution in [0.4, 0.5) is 4.79 Å². The Kier molecular flexibility index (Phi) is 3.95. The molecule has 112 valence electrons. The van der Waals surface area contributed by atoms with E-state index in [0.29, 0.717) is 30.9 Å². The van der Waals surface area contributed by atoms with Crippen molar-refractivity contribution in [1.82, 2.24) is 4.90 Å². The first kappa shape index (κ1) is 14.1. The first-order valence-corrected chi connectivity index (χ1v) is 7.66. The highest BCUT2D eigenvalue weighted by molar-refractivity contribution is 5.94. The molecule has 0 aromatic carbocycles. The van der Waals surface area contributed by atoms with Gasteiger partial charge < -0.3 is 4.74 Å². The second-order valence-corrected chi connectivity index (χ2v) is 5.98. The lowest BCUT2D eigenvalue weighted by molar-refractivity contribution is -0.134. The summed E-state index contributed by atoms with van der Waals surface area (Å²) in [7, 11) is 0. The minimum absolute atomic E-state index is 0.0507. The van der Waals surface area contributed by atoms with E-state index in [9.17, 15) is 9.59 Å². The largest absolute Gasteiger partial charge is 0.447 e. The molecular weight excluding hydrogens is 266 g/mol. The smallest absolute Gasteiger partial charge is 0.416 e. The number of carbonyl (C=O) groups excluding carboxylic acids is 2. The van der Waals surface area contributed by atoms with Crippen LogP contribution < -0.4 is 0 Å². The van der Waals surface area contributed by atoms with Crippen LogP contribution in [0, 0.1) is 23.7 Å². The van der Waals surface area contributed by atoms with Gasteiger partial charge in [-0.15, -0.1) is 0 Å². The second-order valence-electron chi connectivity index (χ2n) is 5.98. The van der Waals surface area contributed by atoms with Gasteiger partial charge in [0.05, 0.1) is 6.54 Å². The molecule has 0 bridgehead atoms. The average Bonchev–Trinajstić information content (AvgIpc) is 3.10. The number of hydrogen-bond acceptors (Lipinski definition) is 3. The molecule has 4 nitrogen and oxygen atoms in total. The van der Waals surface area contributed by atoms with Crippen molar-refractivity contribution < 1.29 is 14.3 Å². The number of fused-ring (bicyclic) bond motifs is 1. The zero-order valence-corrected chi connectivity index (χ0v) is 12.1. The van der Waals surface area contributed by atoms with E-state index in [-0.39, 0.29) is 11.8 Å². The fraction of sp³-hybridized carbons (Fsp3) is 0.529. The molecule has 1 saturated heterocycles. The van der Waals surface area contributed by atoms with E-state index in [1.807, 2.05) is 6.08 Å². The third-order valence-corrected chi connectivity index (χ3v) is 4.93. The summed E-state index contributed by atoms with van der Waals surface area (Å²) in [5, 5.41) is 0. The number of imide groups is 1. The van der Waals surface area contributed by atoms with Crippen LogP contribution in [0.2, 0.25) is 0 Å². The number of nitrogens with zero attached hydrogens (tertiary/aromatic N) is 1. The molecule has 0 unspecified atom stereocenters. The molecule has 1 aliphatic heterocycles. The maximum Gasteiger partial charge on any atom is 0.416 e. The van der Waals surface area contributed by atoms with Crippen molar-refractivity contribution in [2.75, 3.05) is 13.2 Å². The molecule has 0 radical (unpaired) electrons. The third kappa shape index (κ3) is 2.55. The standard InChI is InChI=1S/C17H21NO3/c1-2-3-5-12-8-9-14-13(12)6-4-7-15(14)16(19)18-10-11-21-17(18)20/h2-6,12-15H,1,7-11H2/b5-3+/t12-,13+,14+,15+/m1/s1.